The number of benzene rings is 2. The van der Waals surface area contributed by atoms with Crippen LogP contribution in [0.15, 0.2) is 64.3 Å². The number of aryl methyl sites for hydroxylation is 1. The largest absolute Gasteiger partial charge is 0.367 e. The predicted octanol–water partition coefficient (Wildman–Crippen LogP) is 3.02. The van der Waals surface area contributed by atoms with Crippen LogP contribution in [0.25, 0.3) is 10.9 Å². The molecule has 1 fully saturated rings. The predicted molar refractivity (Wildman–Crippen MR) is 125 cm³/mol. The first-order chi connectivity index (χ1) is 14.5. The van der Waals surface area contributed by atoms with Gasteiger partial charge in [-0.3, -0.25) is 9.59 Å². The van der Waals surface area contributed by atoms with Gasteiger partial charge in [0.25, 0.3) is 5.56 Å². The minimum atomic E-state index is -0.0775. The van der Waals surface area contributed by atoms with Gasteiger partial charge in [0.15, 0.2) is 0 Å². The van der Waals surface area contributed by atoms with Crippen molar-refractivity contribution in [1.29, 1.82) is 0 Å². The summed E-state index contributed by atoms with van der Waals surface area (Å²) in [6.07, 6.45) is 0. The van der Waals surface area contributed by atoms with Gasteiger partial charge in [-0.2, -0.15) is 0 Å². The summed E-state index contributed by atoms with van der Waals surface area (Å²) in [5.41, 5.74) is 2.69. The molecule has 3 aromatic rings. The number of aromatic nitrogens is 1. The Morgan fingerprint density at radius 2 is 1.70 bits per heavy atom. The molecule has 1 N–H and O–H groups in total. The van der Waals surface area contributed by atoms with Crippen LogP contribution in [0.5, 0.6) is 0 Å². The van der Waals surface area contributed by atoms with Crippen LogP contribution in [0, 0.1) is 0 Å². The number of anilines is 2. The van der Waals surface area contributed by atoms with Gasteiger partial charge in [-0.05, 0) is 25.2 Å². The van der Waals surface area contributed by atoms with E-state index in [0.29, 0.717) is 0 Å². The van der Waals surface area contributed by atoms with Gasteiger partial charge in [0, 0.05) is 49.6 Å². The zero-order valence-corrected chi connectivity index (χ0v) is 18.1. The first-order valence-corrected chi connectivity index (χ1v) is 11.1. The number of para-hydroxylation sites is 3. The number of fused-ring (bicyclic) bond motifs is 1. The van der Waals surface area contributed by atoms with Crippen LogP contribution in [-0.2, 0) is 11.8 Å². The average Bonchev–Trinajstić information content (AvgIpc) is 2.76. The molecule has 1 saturated heterocycles. The van der Waals surface area contributed by atoms with Gasteiger partial charge in [0.1, 0.15) is 0 Å². The molecule has 0 aliphatic carbocycles. The van der Waals surface area contributed by atoms with Gasteiger partial charge >= 0.3 is 0 Å². The first kappa shape index (κ1) is 20.5. The number of carbonyl (C=O) groups is 1. The summed E-state index contributed by atoms with van der Waals surface area (Å²) in [7, 11) is 3.89. The first-order valence-electron chi connectivity index (χ1n) is 10.1. The highest BCUT2D eigenvalue weighted by Gasteiger charge is 2.18. The second kappa shape index (κ2) is 8.93. The number of pyridine rings is 1. The van der Waals surface area contributed by atoms with Crippen LogP contribution in [0.4, 0.5) is 11.4 Å². The highest BCUT2D eigenvalue weighted by molar-refractivity contribution is 8.00. The van der Waals surface area contributed by atoms with E-state index in [2.05, 4.69) is 28.2 Å². The monoisotopic (exact) mass is 422 g/mol. The molecule has 1 aliphatic rings. The third-order valence-corrected chi connectivity index (χ3v) is 6.55. The molecule has 0 unspecified atom stereocenters. The van der Waals surface area contributed by atoms with Crippen molar-refractivity contribution >= 4 is 39.9 Å². The van der Waals surface area contributed by atoms with E-state index in [0.717, 1.165) is 53.4 Å². The summed E-state index contributed by atoms with van der Waals surface area (Å²) in [6.45, 7) is 3.90. The van der Waals surface area contributed by atoms with Crippen LogP contribution >= 0.6 is 11.8 Å². The summed E-state index contributed by atoms with van der Waals surface area (Å²) in [4.78, 5) is 30.4. The number of hydrogen-bond acceptors (Lipinski definition) is 5. The van der Waals surface area contributed by atoms with Crippen LogP contribution < -0.4 is 15.8 Å². The van der Waals surface area contributed by atoms with E-state index < -0.39 is 0 Å². The van der Waals surface area contributed by atoms with E-state index in [1.165, 1.54) is 11.8 Å². The lowest BCUT2D eigenvalue weighted by atomic mass is 10.2. The molecular weight excluding hydrogens is 396 g/mol. The number of amides is 1. The fourth-order valence-electron chi connectivity index (χ4n) is 3.73. The zero-order valence-electron chi connectivity index (χ0n) is 17.3. The molecule has 1 amide bonds. The fourth-order valence-corrected chi connectivity index (χ4v) is 4.60. The number of thioether (sulfide) groups is 1. The third kappa shape index (κ3) is 4.37. The molecule has 2 heterocycles. The molecule has 2 aromatic carbocycles. The Bertz CT molecular complexity index is 1120. The number of nitrogens with one attached hydrogen (secondary N) is 1. The van der Waals surface area contributed by atoms with Crippen LogP contribution in [0.2, 0.25) is 0 Å². The van der Waals surface area contributed by atoms with Crippen molar-refractivity contribution in [3.05, 3.63) is 65.0 Å². The topological polar surface area (TPSA) is 57.6 Å². The van der Waals surface area contributed by atoms with Crippen molar-refractivity contribution in [3.8, 4) is 0 Å². The van der Waals surface area contributed by atoms with Crippen molar-refractivity contribution in [2.75, 3.05) is 49.2 Å². The molecule has 1 aliphatic heterocycles. The SMILES string of the molecule is CN1CCN(c2ccccc2NC(=O)CSc2cc(=O)n(C)c3ccccc23)CC1. The molecule has 6 nitrogen and oxygen atoms in total. The van der Waals surface area contributed by atoms with E-state index >= 15 is 0 Å². The number of carbonyl (C=O) groups excluding carboxylic acids is 1. The Hall–Kier alpha value is -2.77. The summed E-state index contributed by atoms with van der Waals surface area (Å²) >= 11 is 1.40. The van der Waals surface area contributed by atoms with Crippen molar-refractivity contribution in [2.24, 2.45) is 7.05 Å². The average molecular weight is 423 g/mol. The molecule has 0 atom stereocenters. The molecule has 0 spiro atoms. The number of piperazine rings is 1. The maximum atomic E-state index is 12.7. The minimum absolute atomic E-state index is 0.0722. The lowest BCUT2D eigenvalue weighted by Gasteiger charge is -2.35. The lowest BCUT2D eigenvalue weighted by molar-refractivity contribution is -0.113. The van der Waals surface area contributed by atoms with Crippen molar-refractivity contribution in [2.45, 2.75) is 4.90 Å². The lowest BCUT2D eigenvalue weighted by Crippen LogP contribution is -2.44. The molecular formula is C23H26N4O2S. The van der Waals surface area contributed by atoms with Gasteiger partial charge in [0.05, 0.1) is 22.6 Å². The normalized spacial score (nSPS) is 14.8. The fraction of sp³-hybridized carbons (Fsp3) is 0.304. The molecule has 30 heavy (non-hydrogen) atoms. The van der Waals surface area contributed by atoms with Gasteiger partial charge in [-0.1, -0.05) is 30.3 Å². The molecule has 7 heteroatoms. The molecule has 0 saturated carbocycles. The van der Waals surface area contributed by atoms with E-state index in [4.69, 9.17) is 0 Å². The van der Waals surface area contributed by atoms with Crippen LogP contribution in [-0.4, -0.2) is 54.4 Å². The third-order valence-electron chi connectivity index (χ3n) is 5.50. The van der Waals surface area contributed by atoms with E-state index in [1.807, 2.05) is 42.5 Å². The second-order valence-corrected chi connectivity index (χ2v) is 8.58. The molecule has 4 rings (SSSR count). The second-order valence-electron chi connectivity index (χ2n) is 7.57. The standard InChI is InChI=1S/C23H26N4O2S/c1-25-11-13-27(14-12-25)20-10-6-4-8-18(20)24-22(28)16-30-21-15-23(29)26(2)19-9-5-3-7-17(19)21/h3-10,15H,11-14,16H2,1-2H3,(H,24,28). The molecule has 1 aromatic heterocycles. The Morgan fingerprint density at radius 1 is 1.00 bits per heavy atom. The summed E-state index contributed by atoms with van der Waals surface area (Å²) in [6, 6.07) is 17.3. The Morgan fingerprint density at radius 3 is 2.50 bits per heavy atom. The number of likely N-dealkylation sites (N-methyl/N-ethyl adjacent to an activating group) is 1. The van der Waals surface area contributed by atoms with E-state index in [-0.39, 0.29) is 17.2 Å². The van der Waals surface area contributed by atoms with Crippen LogP contribution in [0.1, 0.15) is 0 Å². The summed E-state index contributed by atoms with van der Waals surface area (Å²) < 4.78 is 1.63. The van der Waals surface area contributed by atoms with Gasteiger partial charge in [-0.25, -0.2) is 0 Å². The summed E-state index contributed by atoms with van der Waals surface area (Å²) in [5, 5.41) is 4.05. The van der Waals surface area contributed by atoms with Gasteiger partial charge < -0.3 is 19.7 Å². The maximum Gasteiger partial charge on any atom is 0.251 e. The van der Waals surface area contributed by atoms with Gasteiger partial charge in [0.2, 0.25) is 5.91 Å². The molecule has 156 valence electrons. The van der Waals surface area contributed by atoms with E-state index in [9.17, 15) is 9.59 Å². The quantitative estimate of drug-likeness (QED) is 0.641. The maximum absolute atomic E-state index is 12.7. The highest BCUT2D eigenvalue weighted by Crippen LogP contribution is 2.29. The van der Waals surface area contributed by atoms with Crippen molar-refractivity contribution in [1.82, 2.24) is 9.47 Å². The van der Waals surface area contributed by atoms with Crippen LogP contribution in [0.3, 0.4) is 0 Å². The zero-order chi connectivity index (χ0) is 21.1. The Kier molecular flexibility index (Phi) is 6.11. The van der Waals surface area contributed by atoms with E-state index in [1.54, 1.807) is 17.7 Å². The number of nitrogens with zero attached hydrogens (tertiary/aromatic N) is 3. The number of rotatable bonds is 5. The molecule has 0 radical (unpaired) electrons. The Labute approximate surface area is 180 Å². The van der Waals surface area contributed by atoms with Gasteiger partial charge in [-0.15, -0.1) is 11.8 Å². The minimum Gasteiger partial charge on any atom is -0.367 e. The number of hydrogen-bond donors (Lipinski definition) is 1. The smallest absolute Gasteiger partial charge is 0.251 e. The Balaban J connectivity index is 1.47. The highest BCUT2D eigenvalue weighted by atomic mass is 32.2. The molecule has 0 bridgehead atoms. The van der Waals surface area contributed by atoms with Crippen molar-refractivity contribution in [3.63, 3.8) is 0 Å². The van der Waals surface area contributed by atoms with Crippen molar-refractivity contribution < 1.29 is 4.79 Å². The summed E-state index contributed by atoms with van der Waals surface area (Å²) in [5.74, 6) is 0.167.